The van der Waals surface area contributed by atoms with Crippen LogP contribution in [0.3, 0.4) is 0 Å². The van der Waals surface area contributed by atoms with Crippen molar-refractivity contribution in [1.29, 1.82) is 0 Å². The number of carboxylic acids is 1. The summed E-state index contributed by atoms with van der Waals surface area (Å²) < 4.78 is 0. The van der Waals surface area contributed by atoms with Crippen molar-refractivity contribution >= 4 is 23.5 Å². The predicted molar refractivity (Wildman–Crippen MR) is 67.7 cm³/mol. The SMILES string of the molecule is CCC(CC)(NC(=O)c1ccc(Cl)cn1)C(=O)O. The van der Waals surface area contributed by atoms with Gasteiger partial charge in [-0.3, -0.25) is 4.79 Å². The normalized spacial score (nSPS) is 11.1. The molecule has 0 atom stereocenters. The van der Waals surface area contributed by atoms with Gasteiger partial charge in [0.25, 0.3) is 5.91 Å². The largest absolute Gasteiger partial charge is 0.480 e. The Bertz CT molecular complexity index is 441. The molecule has 0 aliphatic heterocycles. The molecule has 1 aromatic heterocycles. The van der Waals surface area contributed by atoms with Gasteiger partial charge in [-0.1, -0.05) is 25.4 Å². The van der Waals surface area contributed by atoms with E-state index >= 15 is 0 Å². The summed E-state index contributed by atoms with van der Waals surface area (Å²) in [6.45, 7) is 3.43. The number of rotatable bonds is 5. The monoisotopic (exact) mass is 270 g/mol. The van der Waals surface area contributed by atoms with E-state index in [-0.39, 0.29) is 5.69 Å². The zero-order valence-corrected chi connectivity index (χ0v) is 11.0. The van der Waals surface area contributed by atoms with Crippen molar-refractivity contribution in [1.82, 2.24) is 10.3 Å². The minimum absolute atomic E-state index is 0.145. The van der Waals surface area contributed by atoms with E-state index in [0.29, 0.717) is 17.9 Å². The lowest BCUT2D eigenvalue weighted by Gasteiger charge is -2.27. The highest BCUT2D eigenvalue weighted by atomic mass is 35.5. The third-order valence-electron chi connectivity index (χ3n) is 2.93. The molecule has 5 nitrogen and oxygen atoms in total. The molecule has 98 valence electrons. The zero-order chi connectivity index (χ0) is 13.8. The molecule has 0 aromatic carbocycles. The van der Waals surface area contributed by atoms with Crippen LogP contribution in [0.5, 0.6) is 0 Å². The number of amides is 1. The van der Waals surface area contributed by atoms with Crippen LogP contribution in [0.1, 0.15) is 37.2 Å². The summed E-state index contributed by atoms with van der Waals surface area (Å²) >= 11 is 5.67. The summed E-state index contributed by atoms with van der Waals surface area (Å²) in [7, 11) is 0. The van der Waals surface area contributed by atoms with E-state index in [1.165, 1.54) is 18.3 Å². The Morgan fingerprint density at radius 2 is 2.00 bits per heavy atom. The highest BCUT2D eigenvalue weighted by Gasteiger charge is 2.36. The van der Waals surface area contributed by atoms with Gasteiger partial charge in [-0.15, -0.1) is 0 Å². The molecule has 0 spiro atoms. The second-order valence-electron chi connectivity index (χ2n) is 3.91. The van der Waals surface area contributed by atoms with Gasteiger partial charge in [-0.25, -0.2) is 9.78 Å². The summed E-state index contributed by atoms with van der Waals surface area (Å²) in [6, 6.07) is 2.99. The summed E-state index contributed by atoms with van der Waals surface area (Å²) in [5.41, 5.74) is -1.11. The molecule has 6 heteroatoms. The number of carbonyl (C=O) groups is 2. The molecule has 18 heavy (non-hydrogen) atoms. The fourth-order valence-corrected chi connectivity index (χ4v) is 1.69. The molecule has 2 N–H and O–H groups in total. The molecule has 0 bridgehead atoms. The predicted octanol–water partition coefficient (Wildman–Crippen LogP) is 2.11. The van der Waals surface area contributed by atoms with Crippen molar-refractivity contribution in [2.24, 2.45) is 0 Å². The van der Waals surface area contributed by atoms with Crippen molar-refractivity contribution in [3.63, 3.8) is 0 Å². The maximum Gasteiger partial charge on any atom is 0.329 e. The number of aliphatic carboxylic acids is 1. The maximum atomic E-state index is 11.9. The lowest BCUT2D eigenvalue weighted by molar-refractivity contribution is -0.144. The standard InChI is InChI=1S/C12H15ClN2O3/c1-3-12(4-2,11(17)18)15-10(16)9-6-5-8(13)7-14-9/h5-7H,3-4H2,1-2H3,(H,15,16)(H,17,18). The number of carboxylic acid groups (broad SMARTS) is 1. The van der Waals surface area contributed by atoms with Crippen LogP contribution in [0.4, 0.5) is 0 Å². The molecular formula is C12H15ClN2O3. The number of pyridine rings is 1. The molecule has 0 saturated carbocycles. The number of hydrogen-bond donors (Lipinski definition) is 2. The summed E-state index contributed by atoms with van der Waals surface area (Å²) in [5.74, 6) is -1.56. The first kappa shape index (κ1) is 14.4. The average Bonchev–Trinajstić information content (AvgIpc) is 2.36. The van der Waals surface area contributed by atoms with Crippen molar-refractivity contribution in [2.45, 2.75) is 32.2 Å². The van der Waals surface area contributed by atoms with Crippen LogP contribution >= 0.6 is 11.6 Å². The molecule has 0 unspecified atom stereocenters. The van der Waals surface area contributed by atoms with Crippen molar-refractivity contribution in [3.8, 4) is 0 Å². The third-order valence-corrected chi connectivity index (χ3v) is 3.15. The number of hydrogen-bond acceptors (Lipinski definition) is 3. The van der Waals surface area contributed by atoms with E-state index in [0.717, 1.165) is 0 Å². The number of carbonyl (C=O) groups excluding carboxylic acids is 1. The number of nitrogens with zero attached hydrogens (tertiary/aromatic N) is 1. The molecule has 0 radical (unpaired) electrons. The van der Waals surface area contributed by atoms with Gasteiger partial charge in [0.05, 0.1) is 5.02 Å². The van der Waals surface area contributed by atoms with Gasteiger partial charge in [0.15, 0.2) is 0 Å². The van der Waals surface area contributed by atoms with E-state index in [4.69, 9.17) is 11.6 Å². The van der Waals surface area contributed by atoms with Crippen LogP contribution in [0.25, 0.3) is 0 Å². The third kappa shape index (κ3) is 2.98. The quantitative estimate of drug-likeness (QED) is 0.859. The molecule has 0 fully saturated rings. The molecule has 1 rings (SSSR count). The van der Waals surface area contributed by atoms with Gasteiger partial charge in [0.2, 0.25) is 0 Å². The van der Waals surface area contributed by atoms with Crippen LogP contribution < -0.4 is 5.32 Å². The highest BCUT2D eigenvalue weighted by molar-refractivity contribution is 6.30. The van der Waals surface area contributed by atoms with Gasteiger partial charge >= 0.3 is 5.97 Å². The first-order valence-electron chi connectivity index (χ1n) is 5.62. The van der Waals surface area contributed by atoms with Gasteiger partial charge in [0.1, 0.15) is 11.2 Å². The lowest BCUT2D eigenvalue weighted by atomic mass is 9.93. The maximum absolute atomic E-state index is 11.9. The second-order valence-corrected chi connectivity index (χ2v) is 4.35. The molecule has 0 aliphatic rings. The lowest BCUT2D eigenvalue weighted by Crippen LogP contribution is -2.53. The Morgan fingerprint density at radius 3 is 2.39 bits per heavy atom. The molecule has 0 saturated heterocycles. The molecular weight excluding hydrogens is 256 g/mol. The van der Waals surface area contributed by atoms with Crippen LogP contribution in [-0.4, -0.2) is 27.5 Å². The Kier molecular flexibility index (Phi) is 4.67. The Labute approximate surface area is 110 Å². The van der Waals surface area contributed by atoms with Gasteiger partial charge in [0, 0.05) is 6.20 Å². The van der Waals surface area contributed by atoms with E-state index in [1.807, 2.05) is 0 Å². The first-order chi connectivity index (χ1) is 8.45. The topological polar surface area (TPSA) is 79.3 Å². The molecule has 1 aromatic rings. The minimum Gasteiger partial charge on any atom is -0.480 e. The first-order valence-corrected chi connectivity index (χ1v) is 6.00. The van der Waals surface area contributed by atoms with E-state index in [1.54, 1.807) is 13.8 Å². The zero-order valence-electron chi connectivity index (χ0n) is 10.2. The van der Waals surface area contributed by atoms with E-state index in [2.05, 4.69) is 10.3 Å². The van der Waals surface area contributed by atoms with E-state index in [9.17, 15) is 14.7 Å². The molecule has 1 heterocycles. The Morgan fingerprint density at radius 1 is 1.39 bits per heavy atom. The number of nitrogens with one attached hydrogen (secondary N) is 1. The van der Waals surface area contributed by atoms with Gasteiger partial charge in [-0.05, 0) is 25.0 Å². The molecule has 1 amide bonds. The van der Waals surface area contributed by atoms with Gasteiger partial charge < -0.3 is 10.4 Å². The summed E-state index contributed by atoms with van der Waals surface area (Å²) in [6.07, 6.45) is 1.95. The highest BCUT2D eigenvalue weighted by Crippen LogP contribution is 2.16. The fraction of sp³-hybridized carbons (Fsp3) is 0.417. The van der Waals surface area contributed by atoms with Crippen molar-refractivity contribution < 1.29 is 14.7 Å². The second kappa shape index (κ2) is 5.82. The van der Waals surface area contributed by atoms with Crippen LogP contribution in [0.2, 0.25) is 5.02 Å². The Balaban J connectivity index is 2.91. The summed E-state index contributed by atoms with van der Waals surface area (Å²) in [4.78, 5) is 27.0. The van der Waals surface area contributed by atoms with Gasteiger partial charge in [-0.2, -0.15) is 0 Å². The van der Waals surface area contributed by atoms with Crippen LogP contribution in [0.15, 0.2) is 18.3 Å². The summed E-state index contributed by atoms with van der Waals surface area (Å²) in [5, 5.41) is 12.1. The number of aromatic nitrogens is 1. The van der Waals surface area contributed by atoms with Crippen LogP contribution in [-0.2, 0) is 4.79 Å². The number of halogens is 1. The smallest absolute Gasteiger partial charge is 0.329 e. The van der Waals surface area contributed by atoms with Crippen molar-refractivity contribution in [3.05, 3.63) is 29.0 Å². The molecule has 0 aliphatic carbocycles. The van der Waals surface area contributed by atoms with Crippen molar-refractivity contribution in [2.75, 3.05) is 0 Å². The average molecular weight is 271 g/mol. The minimum atomic E-state index is -1.25. The fourth-order valence-electron chi connectivity index (χ4n) is 1.57. The Hall–Kier alpha value is -1.62. The van der Waals surface area contributed by atoms with E-state index < -0.39 is 17.4 Å². The van der Waals surface area contributed by atoms with Crippen LogP contribution in [0, 0.1) is 0 Å².